The monoisotopic (exact) mass is 721 g/mol. The molecule has 1 fully saturated rings. The van der Waals surface area contributed by atoms with E-state index in [1.54, 1.807) is 29.9 Å². The maximum absolute atomic E-state index is 14.9. The van der Waals surface area contributed by atoms with Crippen molar-refractivity contribution in [2.75, 3.05) is 26.7 Å². The van der Waals surface area contributed by atoms with E-state index < -0.39 is 15.1 Å². The van der Waals surface area contributed by atoms with E-state index in [1.165, 1.54) is 16.7 Å². The van der Waals surface area contributed by atoms with Gasteiger partial charge in [-0.15, -0.1) is 0 Å². The van der Waals surface area contributed by atoms with Gasteiger partial charge in [0.25, 0.3) is 0 Å². The molecule has 1 aliphatic heterocycles. The van der Waals surface area contributed by atoms with Gasteiger partial charge in [-0.2, -0.15) is 5.10 Å². The molecule has 8 heteroatoms. The van der Waals surface area contributed by atoms with Crippen LogP contribution < -0.4 is 0 Å². The molecular weight excluding hydrogens is 667 g/mol. The summed E-state index contributed by atoms with van der Waals surface area (Å²) in [5.74, 6) is 0.101. The molecule has 0 spiro atoms. The predicted molar refractivity (Wildman–Crippen MR) is 210 cm³/mol. The number of piperidine rings is 1. The smallest absolute Gasteiger partial charge is 0.341 e. The van der Waals surface area contributed by atoms with E-state index in [4.69, 9.17) is 4.74 Å². The minimum Gasteiger partial charge on any atom is -0.462 e. The van der Waals surface area contributed by atoms with E-state index in [0.29, 0.717) is 35.1 Å². The van der Waals surface area contributed by atoms with Crippen molar-refractivity contribution in [2.45, 2.75) is 96.6 Å². The van der Waals surface area contributed by atoms with Crippen LogP contribution in [0.15, 0.2) is 89.5 Å². The Balaban J connectivity index is 1.48. The van der Waals surface area contributed by atoms with Crippen LogP contribution in [-0.2, 0) is 14.6 Å². The average Bonchev–Trinajstić information content (AvgIpc) is 3.49. The van der Waals surface area contributed by atoms with Crippen LogP contribution in [-0.4, -0.2) is 55.8 Å². The average molecular weight is 722 g/mol. The molecule has 1 aliphatic carbocycles. The Bertz CT molecular complexity index is 2070. The number of hydrogen-bond donors (Lipinski definition) is 0. The molecule has 276 valence electrons. The third-order valence-electron chi connectivity index (χ3n) is 11.4. The van der Waals surface area contributed by atoms with Crippen molar-refractivity contribution >= 4 is 21.4 Å². The second-order valence-electron chi connectivity index (χ2n) is 16.4. The number of aryl methyl sites for hydroxylation is 1. The van der Waals surface area contributed by atoms with Gasteiger partial charge in [-0.1, -0.05) is 81.8 Å². The number of allylic oxidation sites excluding steroid dienone is 2. The van der Waals surface area contributed by atoms with Crippen LogP contribution in [0, 0.1) is 24.7 Å². The molecule has 6 rings (SSSR count). The summed E-state index contributed by atoms with van der Waals surface area (Å²) >= 11 is 0. The number of carbonyl (C=O) groups excluding carboxylic acids is 1. The lowest BCUT2D eigenvalue weighted by atomic mass is 9.60. The number of nitrogens with zero attached hydrogens (tertiary/aromatic N) is 3. The highest BCUT2D eigenvalue weighted by atomic mass is 32.2. The number of esters is 1. The summed E-state index contributed by atoms with van der Waals surface area (Å²) in [6, 6.07) is 23.8. The summed E-state index contributed by atoms with van der Waals surface area (Å²) in [6.07, 6.45) is 5.93. The van der Waals surface area contributed by atoms with Gasteiger partial charge in [0.2, 0.25) is 0 Å². The lowest BCUT2D eigenvalue weighted by molar-refractivity contribution is 0.0525. The number of sulfone groups is 1. The fraction of sp³-hybridized carbons (Fsp3) is 0.455. The first-order valence-corrected chi connectivity index (χ1v) is 20.3. The third kappa shape index (κ3) is 7.69. The summed E-state index contributed by atoms with van der Waals surface area (Å²) in [7, 11) is -1.59. The molecule has 0 saturated carbocycles. The quantitative estimate of drug-likeness (QED) is 0.152. The van der Waals surface area contributed by atoms with Crippen molar-refractivity contribution in [2.24, 2.45) is 10.8 Å². The van der Waals surface area contributed by atoms with Crippen molar-refractivity contribution in [1.82, 2.24) is 14.7 Å². The summed E-state index contributed by atoms with van der Waals surface area (Å²) in [4.78, 5) is 15.3. The topological polar surface area (TPSA) is 81.5 Å². The highest BCUT2D eigenvalue weighted by Crippen LogP contribution is 2.55. The van der Waals surface area contributed by atoms with Crippen LogP contribution in [0.4, 0.5) is 0 Å². The molecule has 1 saturated heterocycles. The molecule has 4 aromatic rings. The molecule has 52 heavy (non-hydrogen) atoms. The fourth-order valence-corrected chi connectivity index (χ4v) is 10.8. The van der Waals surface area contributed by atoms with Crippen LogP contribution in [0.25, 0.3) is 11.3 Å². The van der Waals surface area contributed by atoms with Crippen LogP contribution in [0.1, 0.15) is 116 Å². The Morgan fingerprint density at radius 3 is 2.35 bits per heavy atom. The molecule has 2 heterocycles. The Labute approximate surface area is 311 Å². The highest BCUT2D eigenvalue weighted by molar-refractivity contribution is 7.91. The molecule has 3 aromatic carbocycles. The van der Waals surface area contributed by atoms with Gasteiger partial charge < -0.3 is 9.64 Å². The number of benzene rings is 3. The molecule has 2 aliphatic rings. The predicted octanol–water partition coefficient (Wildman–Crippen LogP) is 9.68. The first-order valence-electron chi connectivity index (χ1n) is 18.7. The van der Waals surface area contributed by atoms with E-state index in [1.807, 2.05) is 37.3 Å². The van der Waals surface area contributed by atoms with Gasteiger partial charge in [0.05, 0.1) is 34.3 Å². The van der Waals surface area contributed by atoms with Crippen molar-refractivity contribution in [3.05, 3.63) is 118 Å². The maximum atomic E-state index is 14.9. The second kappa shape index (κ2) is 14.8. The van der Waals surface area contributed by atoms with Gasteiger partial charge in [0, 0.05) is 0 Å². The standard InChI is InChI=1S/C44H55N3O4S/c1-9-51-42(48)39-28-45-47(31(39)3)35-15-13-14-34(25-35)38-27-43(4,5)29-44(6,7)40(38)26-41(52(49,50)36-16-11-10-12-17-36)37-19-18-33(24-30(37)2)32-20-22-46(8)23-21-32/h10-19,24-25,28,32,41H,9,20-23,26-27,29H2,1-8H3. The number of rotatable bonds is 10. The summed E-state index contributed by atoms with van der Waals surface area (Å²) < 4.78 is 36.8. The summed E-state index contributed by atoms with van der Waals surface area (Å²) in [5.41, 5.74) is 8.35. The van der Waals surface area contributed by atoms with Crippen LogP contribution >= 0.6 is 0 Å². The van der Waals surface area contributed by atoms with E-state index in [9.17, 15) is 13.2 Å². The first kappa shape index (κ1) is 37.7. The van der Waals surface area contributed by atoms with Gasteiger partial charge in [-0.05, 0) is 142 Å². The first-order chi connectivity index (χ1) is 24.6. The maximum Gasteiger partial charge on any atom is 0.341 e. The Morgan fingerprint density at radius 2 is 1.67 bits per heavy atom. The van der Waals surface area contributed by atoms with Crippen molar-refractivity contribution in [3.8, 4) is 5.69 Å². The van der Waals surface area contributed by atoms with Gasteiger partial charge in [-0.3, -0.25) is 0 Å². The van der Waals surface area contributed by atoms with Gasteiger partial charge in [0.15, 0.2) is 9.84 Å². The van der Waals surface area contributed by atoms with Gasteiger partial charge in [-0.25, -0.2) is 17.9 Å². The molecular formula is C44H55N3O4S. The summed E-state index contributed by atoms with van der Waals surface area (Å²) in [6.45, 7) is 17.4. The van der Waals surface area contributed by atoms with E-state index in [0.717, 1.165) is 61.2 Å². The van der Waals surface area contributed by atoms with Gasteiger partial charge in [0.1, 0.15) is 5.56 Å². The molecule has 1 aromatic heterocycles. The largest absolute Gasteiger partial charge is 0.462 e. The molecule has 0 amide bonds. The summed E-state index contributed by atoms with van der Waals surface area (Å²) in [5, 5.41) is 3.82. The molecule has 0 bridgehead atoms. The lowest BCUT2D eigenvalue weighted by Crippen LogP contribution is -2.32. The van der Waals surface area contributed by atoms with Crippen molar-refractivity contribution < 1.29 is 17.9 Å². The molecule has 7 nitrogen and oxygen atoms in total. The second-order valence-corrected chi connectivity index (χ2v) is 18.6. The van der Waals surface area contributed by atoms with E-state index >= 15 is 0 Å². The Morgan fingerprint density at radius 1 is 0.962 bits per heavy atom. The van der Waals surface area contributed by atoms with Crippen LogP contribution in [0.3, 0.4) is 0 Å². The third-order valence-corrected chi connectivity index (χ3v) is 13.5. The number of likely N-dealkylation sites (tertiary alicyclic amines) is 1. The number of carbonyl (C=O) groups is 1. The Kier molecular flexibility index (Phi) is 10.7. The molecule has 0 N–H and O–H groups in total. The zero-order valence-corrected chi connectivity index (χ0v) is 33.0. The van der Waals surface area contributed by atoms with Crippen LogP contribution in [0.5, 0.6) is 0 Å². The zero-order valence-electron chi connectivity index (χ0n) is 32.2. The van der Waals surface area contributed by atoms with Crippen molar-refractivity contribution in [3.63, 3.8) is 0 Å². The SMILES string of the molecule is CCOC(=O)c1cnn(-c2cccc(C3=C(CC(c4ccc(C5CCN(C)CC5)cc4C)S(=O)(=O)c4ccccc4)C(C)(C)CC(C)(C)C3)c2)c1C. The lowest BCUT2D eigenvalue weighted by Gasteiger charge is -2.45. The Hall–Kier alpha value is -4.01. The highest BCUT2D eigenvalue weighted by Gasteiger charge is 2.42. The van der Waals surface area contributed by atoms with Gasteiger partial charge >= 0.3 is 5.97 Å². The molecule has 0 radical (unpaired) electrons. The van der Waals surface area contributed by atoms with Crippen molar-refractivity contribution in [1.29, 1.82) is 0 Å². The minimum absolute atomic E-state index is 0.00351. The number of hydrogen-bond acceptors (Lipinski definition) is 6. The van der Waals surface area contributed by atoms with Crippen LogP contribution in [0.2, 0.25) is 0 Å². The normalized spacial score (nSPS) is 18.7. The number of ether oxygens (including phenoxy) is 1. The minimum atomic E-state index is -3.77. The van der Waals surface area contributed by atoms with E-state index in [2.05, 4.69) is 82.0 Å². The number of aromatic nitrogens is 2. The van der Waals surface area contributed by atoms with E-state index in [-0.39, 0.29) is 16.8 Å². The fourth-order valence-electron chi connectivity index (χ4n) is 8.94. The molecule has 1 atom stereocenters. The molecule has 1 unspecified atom stereocenters. The zero-order chi connectivity index (χ0) is 37.4.